The molecule has 0 saturated carbocycles. The van der Waals surface area contributed by atoms with Crippen molar-refractivity contribution in [2.75, 3.05) is 0 Å². The van der Waals surface area contributed by atoms with Gasteiger partial charge in [0.25, 0.3) is 0 Å². The molecule has 12 heavy (non-hydrogen) atoms. The number of hydrogen-bond donors (Lipinski definition) is 0. The summed E-state index contributed by atoms with van der Waals surface area (Å²) < 4.78 is 3.19. The Kier molecular flexibility index (Phi) is 3.55. The molecule has 1 unspecified atom stereocenters. The quantitative estimate of drug-likeness (QED) is 0.776. The lowest BCUT2D eigenvalue weighted by molar-refractivity contribution is 0.453. The fourth-order valence-corrected chi connectivity index (χ4v) is 1.63. The van der Waals surface area contributed by atoms with Crippen LogP contribution in [0.2, 0.25) is 0 Å². The first-order valence-corrected chi connectivity index (χ1v) is 5.44. The van der Waals surface area contributed by atoms with E-state index < -0.39 is 0 Å². The van der Waals surface area contributed by atoms with Crippen molar-refractivity contribution in [1.29, 1.82) is 0 Å². The summed E-state index contributed by atoms with van der Waals surface area (Å²) >= 11 is 2.27. The van der Waals surface area contributed by atoms with Crippen molar-refractivity contribution in [2.45, 2.75) is 39.7 Å². The molecule has 1 rings (SSSR count). The Morgan fingerprint density at radius 2 is 2.33 bits per heavy atom. The number of nitrogens with zero attached hydrogens (tertiary/aromatic N) is 2. The number of aromatic nitrogens is 2. The van der Waals surface area contributed by atoms with Gasteiger partial charge in [-0.25, -0.2) is 0 Å². The first-order chi connectivity index (χ1) is 5.65. The summed E-state index contributed by atoms with van der Waals surface area (Å²) in [4.78, 5) is 0. The van der Waals surface area contributed by atoms with Gasteiger partial charge in [0.2, 0.25) is 0 Å². The molecule has 0 spiro atoms. The molecule has 0 amide bonds. The van der Waals surface area contributed by atoms with Crippen molar-refractivity contribution >= 4 is 22.6 Å². The largest absolute Gasteiger partial charge is 0.269 e. The van der Waals surface area contributed by atoms with Gasteiger partial charge in [0.1, 0.15) is 3.70 Å². The van der Waals surface area contributed by atoms with Crippen LogP contribution < -0.4 is 0 Å². The average molecular weight is 278 g/mol. The maximum absolute atomic E-state index is 4.43. The highest BCUT2D eigenvalue weighted by molar-refractivity contribution is 14.1. The maximum atomic E-state index is 4.43. The van der Waals surface area contributed by atoms with Crippen molar-refractivity contribution < 1.29 is 0 Å². The van der Waals surface area contributed by atoms with Crippen LogP contribution in [0.4, 0.5) is 0 Å². The highest BCUT2D eigenvalue weighted by atomic mass is 127. The molecular weight excluding hydrogens is 263 g/mol. The molecule has 68 valence electrons. The Labute approximate surface area is 87.5 Å². The van der Waals surface area contributed by atoms with Gasteiger partial charge in [-0.05, 0) is 42.9 Å². The highest BCUT2D eigenvalue weighted by Crippen LogP contribution is 2.15. The highest BCUT2D eigenvalue weighted by Gasteiger charge is 2.06. The van der Waals surface area contributed by atoms with E-state index in [4.69, 9.17) is 0 Å². The van der Waals surface area contributed by atoms with Gasteiger partial charge in [0.05, 0.1) is 0 Å². The Hall–Kier alpha value is -0.0600. The first kappa shape index (κ1) is 10.0. The van der Waals surface area contributed by atoms with Crippen LogP contribution in [-0.4, -0.2) is 9.78 Å². The van der Waals surface area contributed by atoms with E-state index in [-0.39, 0.29) is 0 Å². The topological polar surface area (TPSA) is 17.8 Å². The molecule has 0 N–H and O–H groups in total. The zero-order chi connectivity index (χ0) is 9.14. The summed E-state index contributed by atoms with van der Waals surface area (Å²) in [6.45, 7) is 6.52. The number of halogens is 1. The van der Waals surface area contributed by atoms with Gasteiger partial charge in [-0.1, -0.05) is 13.3 Å². The third-order valence-corrected chi connectivity index (χ3v) is 3.08. The summed E-state index contributed by atoms with van der Waals surface area (Å²) in [6, 6.07) is 0.539. The summed E-state index contributed by atoms with van der Waals surface area (Å²) in [5, 5.41) is 4.43. The maximum Gasteiger partial charge on any atom is 0.126 e. The molecule has 0 bridgehead atoms. The molecule has 1 atom stereocenters. The normalized spacial score (nSPS) is 13.3. The fraction of sp³-hybridized carbons (Fsp3) is 0.667. The Morgan fingerprint density at radius 3 is 2.75 bits per heavy atom. The van der Waals surface area contributed by atoms with E-state index in [2.05, 4.69) is 59.3 Å². The lowest BCUT2D eigenvalue weighted by Gasteiger charge is -2.09. The van der Waals surface area contributed by atoms with Gasteiger partial charge in [0, 0.05) is 17.8 Å². The fourth-order valence-electron chi connectivity index (χ4n) is 1.24. The lowest BCUT2D eigenvalue weighted by Crippen LogP contribution is -2.05. The van der Waals surface area contributed by atoms with Crippen molar-refractivity contribution in [2.24, 2.45) is 0 Å². The molecule has 1 aromatic heterocycles. The van der Waals surface area contributed by atoms with Crippen LogP contribution in [0.1, 0.15) is 38.3 Å². The molecule has 0 fully saturated rings. The van der Waals surface area contributed by atoms with Crippen molar-refractivity contribution in [1.82, 2.24) is 9.78 Å². The molecule has 3 heteroatoms. The van der Waals surface area contributed by atoms with Gasteiger partial charge in [-0.3, -0.25) is 4.68 Å². The van der Waals surface area contributed by atoms with Crippen LogP contribution in [-0.2, 0) is 0 Å². The van der Waals surface area contributed by atoms with Gasteiger partial charge < -0.3 is 0 Å². The molecule has 0 aliphatic rings. The Morgan fingerprint density at radius 1 is 1.67 bits per heavy atom. The summed E-state index contributed by atoms with van der Waals surface area (Å²) in [7, 11) is 0. The SMILES string of the molecule is CCCC(C)n1cc(C)c(I)n1. The van der Waals surface area contributed by atoms with Crippen LogP contribution in [0.3, 0.4) is 0 Å². The Balaban J connectivity index is 2.74. The third-order valence-electron chi connectivity index (χ3n) is 2.01. The molecule has 0 saturated heterocycles. The zero-order valence-corrected chi connectivity index (χ0v) is 10.00. The minimum absolute atomic E-state index is 0.539. The van der Waals surface area contributed by atoms with Crippen LogP contribution in [0, 0.1) is 10.6 Å². The number of rotatable bonds is 3. The Bertz CT molecular complexity index is 236. The van der Waals surface area contributed by atoms with Crippen LogP contribution in [0.25, 0.3) is 0 Å². The lowest BCUT2D eigenvalue weighted by atomic mass is 10.2. The molecule has 1 aromatic rings. The second kappa shape index (κ2) is 4.25. The molecule has 0 aliphatic carbocycles. The predicted octanol–water partition coefficient (Wildman–Crippen LogP) is 3.16. The second-order valence-electron chi connectivity index (χ2n) is 3.22. The molecule has 1 heterocycles. The number of aryl methyl sites for hydroxylation is 1. The van der Waals surface area contributed by atoms with Crippen LogP contribution in [0.15, 0.2) is 6.20 Å². The minimum atomic E-state index is 0.539. The summed E-state index contributed by atoms with van der Waals surface area (Å²) in [6.07, 6.45) is 4.55. The molecule has 0 aromatic carbocycles. The average Bonchev–Trinajstić information content (AvgIpc) is 2.33. The third kappa shape index (κ3) is 2.21. The van der Waals surface area contributed by atoms with Gasteiger partial charge in [-0.15, -0.1) is 0 Å². The van der Waals surface area contributed by atoms with Gasteiger partial charge in [-0.2, -0.15) is 5.10 Å². The van der Waals surface area contributed by atoms with E-state index >= 15 is 0 Å². The monoisotopic (exact) mass is 278 g/mol. The van der Waals surface area contributed by atoms with E-state index in [9.17, 15) is 0 Å². The van der Waals surface area contributed by atoms with Gasteiger partial charge >= 0.3 is 0 Å². The zero-order valence-electron chi connectivity index (χ0n) is 7.84. The second-order valence-corrected chi connectivity index (χ2v) is 4.24. The smallest absolute Gasteiger partial charge is 0.126 e. The van der Waals surface area contributed by atoms with E-state index in [1.54, 1.807) is 0 Å². The van der Waals surface area contributed by atoms with Crippen LogP contribution >= 0.6 is 22.6 Å². The number of hydrogen-bond acceptors (Lipinski definition) is 1. The molecule has 2 nitrogen and oxygen atoms in total. The van der Waals surface area contributed by atoms with Crippen LogP contribution in [0.5, 0.6) is 0 Å². The first-order valence-electron chi connectivity index (χ1n) is 4.36. The predicted molar refractivity (Wildman–Crippen MR) is 59.3 cm³/mol. The van der Waals surface area contributed by atoms with E-state index in [1.165, 1.54) is 18.4 Å². The standard InChI is InChI=1S/C9H15IN2/c1-4-5-8(3)12-6-7(2)9(10)11-12/h6,8H,4-5H2,1-3H3. The van der Waals surface area contributed by atoms with Gasteiger partial charge in [0.15, 0.2) is 0 Å². The van der Waals surface area contributed by atoms with E-state index in [0.717, 1.165) is 3.70 Å². The summed E-state index contributed by atoms with van der Waals surface area (Å²) in [5.41, 5.74) is 1.28. The minimum Gasteiger partial charge on any atom is -0.269 e. The summed E-state index contributed by atoms with van der Waals surface area (Å²) in [5.74, 6) is 0. The van der Waals surface area contributed by atoms with E-state index in [1.807, 2.05) is 0 Å². The molecule has 0 aliphatic heterocycles. The van der Waals surface area contributed by atoms with Crippen molar-refractivity contribution in [3.8, 4) is 0 Å². The van der Waals surface area contributed by atoms with Crippen molar-refractivity contribution in [3.05, 3.63) is 15.5 Å². The molecular formula is C9H15IN2. The van der Waals surface area contributed by atoms with E-state index in [0.29, 0.717) is 6.04 Å². The molecule has 0 radical (unpaired) electrons. The van der Waals surface area contributed by atoms with Crippen molar-refractivity contribution in [3.63, 3.8) is 0 Å².